The summed E-state index contributed by atoms with van der Waals surface area (Å²) >= 11 is 0. The van der Waals surface area contributed by atoms with Crippen molar-refractivity contribution >= 4 is 23.5 Å². The van der Waals surface area contributed by atoms with Crippen LogP contribution in [0.2, 0.25) is 0 Å². The minimum atomic E-state index is -0.656. The number of aryl methyl sites for hydroxylation is 2. The van der Waals surface area contributed by atoms with Gasteiger partial charge in [0, 0.05) is 69.4 Å². The largest absolute Gasteiger partial charge is 0.461 e. The number of carbonyl (C=O) groups is 4. The minimum Gasteiger partial charge on any atom is -0.461 e. The van der Waals surface area contributed by atoms with Gasteiger partial charge >= 0.3 is 11.9 Å². The van der Waals surface area contributed by atoms with Crippen LogP contribution in [0.1, 0.15) is 86.7 Å². The SMILES string of the molecule is CCOC(=O)c1nn(CC)c2c1CCC(=CN(C)C)C2=O.CCOC(=O)c1nn(CCF)c2c1CCC(=CN(C)C)C2=O. The van der Waals surface area contributed by atoms with Crippen LogP contribution in [-0.4, -0.2) is 101 Å². The van der Waals surface area contributed by atoms with E-state index in [1.165, 1.54) is 4.68 Å². The molecule has 0 saturated heterocycles. The summed E-state index contributed by atoms with van der Waals surface area (Å²) in [4.78, 5) is 52.8. The van der Waals surface area contributed by atoms with Crippen molar-refractivity contribution in [3.8, 4) is 0 Å². The lowest BCUT2D eigenvalue weighted by atomic mass is 9.90. The normalized spacial score (nSPS) is 15.9. The predicted molar refractivity (Wildman–Crippen MR) is 157 cm³/mol. The fourth-order valence-electron chi connectivity index (χ4n) is 5.10. The maximum atomic E-state index is 12.7. The number of Topliss-reactive ketones (excluding diaryl/α,β-unsaturated/α-hetero) is 2. The summed E-state index contributed by atoms with van der Waals surface area (Å²) in [6.07, 6.45) is 5.88. The lowest BCUT2D eigenvalue weighted by molar-refractivity contribution is 0.0507. The fraction of sp³-hybridized carbons (Fsp3) is 0.533. The van der Waals surface area contributed by atoms with Gasteiger partial charge in [0.2, 0.25) is 11.6 Å². The second-order valence-corrected chi connectivity index (χ2v) is 10.4. The van der Waals surface area contributed by atoms with Crippen LogP contribution in [0.25, 0.3) is 0 Å². The molecule has 0 amide bonds. The molecule has 0 bridgehead atoms. The van der Waals surface area contributed by atoms with Gasteiger partial charge in [-0.15, -0.1) is 0 Å². The molecular weight excluding hydrogens is 559 g/mol. The number of hydrogen-bond acceptors (Lipinski definition) is 10. The van der Waals surface area contributed by atoms with Crippen LogP contribution in [0.15, 0.2) is 23.5 Å². The molecule has 13 heteroatoms. The highest BCUT2D eigenvalue weighted by Gasteiger charge is 2.34. The van der Waals surface area contributed by atoms with Gasteiger partial charge in [-0.1, -0.05) is 0 Å². The zero-order chi connectivity index (χ0) is 31.8. The number of rotatable bonds is 9. The number of nitrogens with zero attached hydrogens (tertiary/aromatic N) is 6. The minimum absolute atomic E-state index is 0.0464. The summed E-state index contributed by atoms with van der Waals surface area (Å²) < 4.78 is 25.6. The highest BCUT2D eigenvalue weighted by molar-refractivity contribution is 6.11. The lowest BCUT2D eigenvalue weighted by Crippen LogP contribution is -2.21. The van der Waals surface area contributed by atoms with E-state index >= 15 is 0 Å². The molecule has 2 aliphatic carbocycles. The van der Waals surface area contributed by atoms with E-state index in [2.05, 4.69) is 10.2 Å². The van der Waals surface area contributed by atoms with Crippen molar-refractivity contribution in [2.24, 2.45) is 0 Å². The van der Waals surface area contributed by atoms with E-state index in [4.69, 9.17) is 9.47 Å². The van der Waals surface area contributed by atoms with Crippen LogP contribution in [-0.2, 0) is 35.4 Å². The van der Waals surface area contributed by atoms with Gasteiger partial charge < -0.3 is 19.3 Å². The highest BCUT2D eigenvalue weighted by Crippen LogP contribution is 2.30. The van der Waals surface area contributed by atoms with Crippen molar-refractivity contribution in [2.75, 3.05) is 48.1 Å². The summed E-state index contributed by atoms with van der Waals surface area (Å²) in [7, 11) is 7.44. The maximum Gasteiger partial charge on any atom is 0.359 e. The number of hydrogen-bond donors (Lipinski definition) is 0. The molecular formula is C30H41FN6O6. The van der Waals surface area contributed by atoms with Gasteiger partial charge in [-0.2, -0.15) is 10.2 Å². The molecule has 43 heavy (non-hydrogen) atoms. The molecule has 2 aromatic rings. The van der Waals surface area contributed by atoms with Crippen LogP contribution < -0.4 is 0 Å². The molecule has 0 N–H and O–H groups in total. The Morgan fingerprint density at radius 3 is 1.56 bits per heavy atom. The lowest BCUT2D eigenvalue weighted by Gasteiger charge is -2.17. The van der Waals surface area contributed by atoms with Gasteiger partial charge in [-0.3, -0.25) is 19.0 Å². The summed E-state index contributed by atoms with van der Waals surface area (Å²) in [5.41, 5.74) is 3.91. The Balaban J connectivity index is 0.000000236. The van der Waals surface area contributed by atoms with E-state index < -0.39 is 18.6 Å². The molecule has 0 radical (unpaired) electrons. The number of alkyl halides is 1. The quantitative estimate of drug-likeness (QED) is 0.312. The van der Waals surface area contributed by atoms with Crippen molar-refractivity contribution < 1.29 is 33.0 Å². The molecule has 0 spiro atoms. The molecule has 2 aliphatic rings. The van der Waals surface area contributed by atoms with Crippen LogP contribution in [0.5, 0.6) is 0 Å². The van der Waals surface area contributed by atoms with E-state index in [-0.39, 0.29) is 36.1 Å². The van der Waals surface area contributed by atoms with E-state index in [1.54, 1.807) is 29.6 Å². The van der Waals surface area contributed by atoms with Gasteiger partial charge in [-0.05, 0) is 46.5 Å². The third-order valence-electron chi connectivity index (χ3n) is 6.76. The summed E-state index contributed by atoms with van der Waals surface area (Å²) in [5.74, 6) is -1.26. The molecule has 2 aromatic heterocycles. The van der Waals surface area contributed by atoms with E-state index in [0.29, 0.717) is 61.4 Å². The summed E-state index contributed by atoms with van der Waals surface area (Å²) in [6, 6.07) is 0. The Labute approximate surface area is 251 Å². The number of ketones is 2. The molecule has 0 fully saturated rings. The Kier molecular flexibility index (Phi) is 11.4. The third kappa shape index (κ3) is 7.38. The Morgan fingerprint density at radius 1 is 0.767 bits per heavy atom. The summed E-state index contributed by atoms with van der Waals surface area (Å²) in [6.45, 7) is 5.72. The Morgan fingerprint density at radius 2 is 1.19 bits per heavy atom. The molecule has 2 heterocycles. The number of fused-ring (bicyclic) bond motifs is 2. The van der Waals surface area contributed by atoms with Crippen molar-refractivity contribution in [1.82, 2.24) is 29.4 Å². The zero-order valence-electron chi connectivity index (χ0n) is 26.0. The fourth-order valence-corrected chi connectivity index (χ4v) is 5.10. The first-order valence-electron chi connectivity index (χ1n) is 14.4. The number of aromatic nitrogens is 4. The van der Waals surface area contributed by atoms with Crippen molar-refractivity contribution in [1.29, 1.82) is 0 Å². The Bertz CT molecular complexity index is 1430. The monoisotopic (exact) mass is 600 g/mol. The zero-order valence-corrected chi connectivity index (χ0v) is 26.0. The maximum absolute atomic E-state index is 12.7. The standard InChI is InChI=1S/C15H20FN3O3.C15H21N3O3/c1-4-22-15(21)12-11-6-5-10(9-18(2)3)14(20)13(11)19(17-12)8-7-16;1-5-18-13-11(12(16-18)15(20)21-6-2)8-7-10(14(13)19)9-17(3)4/h9H,4-8H2,1-3H3;9H,5-8H2,1-4H3. The smallest absolute Gasteiger partial charge is 0.359 e. The number of carbonyl (C=O) groups excluding carboxylic acids is 4. The first-order chi connectivity index (χ1) is 20.5. The Hall–Kier alpha value is -4.29. The van der Waals surface area contributed by atoms with Crippen molar-refractivity contribution in [3.05, 3.63) is 57.4 Å². The number of ether oxygens (including phenoxy) is 2. The molecule has 0 aromatic carbocycles. The average Bonchev–Trinajstić information content (AvgIpc) is 3.52. The van der Waals surface area contributed by atoms with E-state index in [1.807, 2.05) is 46.2 Å². The van der Waals surface area contributed by atoms with Crippen LogP contribution in [0.3, 0.4) is 0 Å². The molecule has 234 valence electrons. The summed E-state index contributed by atoms with van der Waals surface area (Å²) in [5, 5.41) is 8.38. The molecule has 0 unspecified atom stereocenters. The molecule has 0 saturated carbocycles. The number of halogens is 1. The molecule has 0 atom stereocenters. The predicted octanol–water partition coefficient (Wildman–Crippen LogP) is 3.26. The van der Waals surface area contributed by atoms with Gasteiger partial charge in [0.05, 0.1) is 19.8 Å². The average molecular weight is 601 g/mol. The number of esters is 2. The van der Waals surface area contributed by atoms with Crippen LogP contribution >= 0.6 is 0 Å². The van der Waals surface area contributed by atoms with E-state index in [0.717, 1.165) is 11.1 Å². The molecule has 0 aliphatic heterocycles. The van der Waals surface area contributed by atoms with Gasteiger partial charge in [0.15, 0.2) is 11.4 Å². The van der Waals surface area contributed by atoms with Gasteiger partial charge in [0.25, 0.3) is 0 Å². The topological polar surface area (TPSA) is 129 Å². The first kappa shape index (κ1) is 33.2. The van der Waals surface area contributed by atoms with Gasteiger partial charge in [0.1, 0.15) is 18.1 Å². The third-order valence-corrected chi connectivity index (χ3v) is 6.76. The van der Waals surface area contributed by atoms with E-state index in [9.17, 15) is 23.6 Å². The molecule has 4 rings (SSSR count). The van der Waals surface area contributed by atoms with Crippen LogP contribution in [0.4, 0.5) is 4.39 Å². The van der Waals surface area contributed by atoms with Crippen LogP contribution in [0, 0.1) is 0 Å². The van der Waals surface area contributed by atoms with Crippen molar-refractivity contribution in [3.63, 3.8) is 0 Å². The number of allylic oxidation sites excluding steroid dienone is 2. The highest BCUT2D eigenvalue weighted by atomic mass is 19.1. The second kappa shape index (κ2) is 14.7. The van der Waals surface area contributed by atoms with Gasteiger partial charge in [-0.25, -0.2) is 14.0 Å². The molecule has 12 nitrogen and oxygen atoms in total. The van der Waals surface area contributed by atoms with Crippen molar-refractivity contribution in [2.45, 2.75) is 59.5 Å². The second-order valence-electron chi connectivity index (χ2n) is 10.4. The first-order valence-corrected chi connectivity index (χ1v) is 14.4.